The molecule has 1 aliphatic heterocycles. The molecule has 7 nitrogen and oxygen atoms in total. The Hall–Kier alpha value is -2.44. The van der Waals surface area contributed by atoms with Crippen LogP contribution in [0.4, 0.5) is 11.8 Å². The van der Waals surface area contributed by atoms with Crippen LogP contribution in [0.3, 0.4) is 0 Å². The SMILES string of the molecule is Cc1cc(NC(=O)CC2CCN(c3ncccn3)CC2)n[nH]1. The fourth-order valence-electron chi connectivity index (χ4n) is 2.73. The highest BCUT2D eigenvalue weighted by Gasteiger charge is 2.23. The lowest BCUT2D eigenvalue weighted by molar-refractivity contribution is -0.117. The molecule has 7 heteroatoms. The van der Waals surface area contributed by atoms with Gasteiger partial charge in [-0.2, -0.15) is 5.10 Å². The number of nitrogens with one attached hydrogen (secondary N) is 2. The van der Waals surface area contributed by atoms with E-state index in [1.807, 2.05) is 19.1 Å². The third kappa shape index (κ3) is 3.60. The predicted molar refractivity (Wildman–Crippen MR) is 83.5 cm³/mol. The Bertz CT molecular complexity index is 618. The number of H-pyrrole nitrogens is 1. The molecule has 2 aromatic heterocycles. The molecule has 0 bridgehead atoms. The first-order chi connectivity index (χ1) is 10.7. The molecular formula is C15H20N6O. The van der Waals surface area contributed by atoms with Crippen LogP contribution in [-0.4, -0.2) is 39.2 Å². The number of rotatable bonds is 4. The summed E-state index contributed by atoms with van der Waals surface area (Å²) >= 11 is 0. The molecule has 1 fully saturated rings. The number of carbonyl (C=O) groups excluding carboxylic acids is 1. The van der Waals surface area contributed by atoms with E-state index in [-0.39, 0.29) is 5.91 Å². The van der Waals surface area contributed by atoms with Gasteiger partial charge in [-0.05, 0) is 31.7 Å². The molecule has 3 heterocycles. The van der Waals surface area contributed by atoms with Crippen molar-refractivity contribution in [2.45, 2.75) is 26.2 Å². The molecule has 0 saturated carbocycles. The first kappa shape index (κ1) is 14.5. The van der Waals surface area contributed by atoms with E-state index in [9.17, 15) is 4.79 Å². The summed E-state index contributed by atoms with van der Waals surface area (Å²) in [6.07, 6.45) is 6.01. The normalized spacial score (nSPS) is 15.8. The molecule has 2 N–H and O–H groups in total. The Morgan fingerprint density at radius 2 is 2.09 bits per heavy atom. The zero-order valence-corrected chi connectivity index (χ0v) is 12.6. The first-order valence-corrected chi connectivity index (χ1v) is 7.54. The van der Waals surface area contributed by atoms with Crippen LogP contribution in [-0.2, 0) is 4.79 Å². The van der Waals surface area contributed by atoms with Crippen molar-refractivity contribution >= 4 is 17.7 Å². The largest absolute Gasteiger partial charge is 0.341 e. The monoisotopic (exact) mass is 300 g/mol. The quantitative estimate of drug-likeness (QED) is 0.898. The topological polar surface area (TPSA) is 86.8 Å². The Morgan fingerprint density at radius 3 is 2.73 bits per heavy atom. The smallest absolute Gasteiger partial charge is 0.225 e. The van der Waals surface area contributed by atoms with Crippen molar-refractivity contribution in [3.05, 3.63) is 30.2 Å². The van der Waals surface area contributed by atoms with E-state index >= 15 is 0 Å². The van der Waals surface area contributed by atoms with Gasteiger partial charge in [0, 0.05) is 43.7 Å². The molecule has 1 aliphatic rings. The average Bonchev–Trinajstić information content (AvgIpc) is 2.94. The van der Waals surface area contributed by atoms with Crippen molar-refractivity contribution in [2.75, 3.05) is 23.3 Å². The summed E-state index contributed by atoms with van der Waals surface area (Å²) in [7, 11) is 0. The van der Waals surface area contributed by atoms with Crippen LogP contribution in [0.1, 0.15) is 25.0 Å². The van der Waals surface area contributed by atoms with E-state index in [2.05, 4.69) is 30.4 Å². The number of anilines is 2. The minimum atomic E-state index is 0.0286. The number of amides is 1. The lowest BCUT2D eigenvalue weighted by Gasteiger charge is -2.31. The molecule has 0 aromatic carbocycles. The molecule has 0 atom stereocenters. The second-order valence-electron chi connectivity index (χ2n) is 5.67. The molecule has 0 aliphatic carbocycles. The predicted octanol–water partition coefficient (Wildman–Crippen LogP) is 1.75. The van der Waals surface area contributed by atoms with E-state index in [1.165, 1.54) is 0 Å². The molecule has 0 spiro atoms. The number of carbonyl (C=O) groups is 1. The fraction of sp³-hybridized carbons (Fsp3) is 0.467. The zero-order valence-electron chi connectivity index (χ0n) is 12.6. The van der Waals surface area contributed by atoms with Gasteiger partial charge in [-0.15, -0.1) is 0 Å². The van der Waals surface area contributed by atoms with Crippen molar-refractivity contribution in [1.82, 2.24) is 20.2 Å². The minimum absolute atomic E-state index is 0.0286. The van der Waals surface area contributed by atoms with Gasteiger partial charge in [0.05, 0.1) is 0 Å². The maximum absolute atomic E-state index is 12.0. The van der Waals surface area contributed by atoms with E-state index in [4.69, 9.17) is 0 Å². The van der Waals surface area contributed by atoms with E-state index in [1.54, 1.807) is 12.4 Å². The summed E-state index contributed by atoms with van der Waals surface area (Å²) in [6.45, 7) is 3.69. The highest BCUT2D eigenvalue weighted by molar-refractivity contribution is 5.89. The van der Waals surface area contributed by atoms with Crippen LogP contribution in [0.2, 0.25) is 0 Å². The molecule has 1 saturated heterocycles. The number of hydrogen-bond donors (Lipinski definition) is 2. The molecule has 0 radical (unpaired) electrons. The van der Waals surface area contributed by atoms with Crippen LogP contribution in [0.5, 0.6) is 0 Å². The van der Waals surface area contributed by atoms with Gasteiger partial charge in [0.1, 0.15) is 0 Å². The van der Waals surface area contributed by atoms with Crippen LogP contribution < -0.4 is 10.2 Å². The summed E-state index contributed by atoms with van der Waals surface area (Å²) in [5, 5.41) is 9.67. The Morgan fingerprint density at radius 1 is 1.36 bits per heavy atom. The summed E-state index contributed by atoms with van der Waals surface area (Å²) in [5.74, 6) is 1.80. The third-order valence-electron chi connectivity index (χ3n) is 3.90. The van der Waals surface area contributed by atoms with Gasteiger partial charge in [0.15, 0.2) is 5.82 Å². The zero-order chi connectivity index (χ0) is 15.4. The first-order valence-electron chi connectivity index (χ1n) is 7.54. The van der Waals surface area contributed by atoms with Gasteiger partial charge >= 0.3 is 0 Å². The lowest BCUT2D eigenvalue weighted by Crippen LogP contribution is -2.35. The summed E-state index contributed by atoms with van der Waals surface area (Å²) in [5.41, 5.74) is 0.937. The fourth-order valence-corrected chi connectivity index (χ4v) is 2.73. The Kier molecular flexibility index (Phi) is 4.32. The average molecular weight is 300 g/mol. The highest BCUT2D eigenvalue weighted by atomic mass is 16.1. The number of aromatic amines is 1. The summed E-state index contributed by atoms with van der Waals surface area (Å²) in [4.78, 5) is 22.8. The van der Waals surface area contributed by atoms with Gasteiger partial charge in [-0.1, -0.05) is 0 Å². The summed E-state index contributed by atoms with van der Waals surface area (Å²) < 4.78 is 0. The van der Waals surface area contributed by atoms with Crippen LogP contribution >= 0.6 is 0 Å². The molecule has 1 amide bonds. The Balaban J connectivity index is 1.46. The number of nitrogens with zero attached hydrogens (tertiary/aromatic N) is 4. The van der Waals surface area contributed by atoms with E-state index in [0.717, 1.165) is 37.6 Å². The van der Waals surface area contributed by atoms with Crippen LogP contribution in [0, 0.1) is 12.8 Å². The molecule has 3 rings (SSSR count). The van der Waals surface area contributed by atoms with Crippen molar-refractivity contribution < 1.29 is 4.79 Å². The number of aromatic nitrogens is 4. The third-order valence-corrected chi connectivity index (χ3v) is 3.90. The number of hydrogen-bond acceptors (Lipinski definition) is 5. The highest BCUT2D eigenvalue weighted by Crippen LogP contribution is 2.23. The minimum Gasteiger partial charge on any atom is -0.341 e. The van der Waals surface area contributed by atoms with E-state index in [0.29, 0.717) is 18.2 Å². The Labute approximate surface area is 129 Å². The van der Waals surface area contributed by atoms with Crippen molar-refractivity contribution in [1.29, 1.82) is 0 Å². The van der Waals surface area contributed by atoms with Crippen molar-refractivity contribution in [3.63, 3.8) is 0 Å². The van der Waals surface area contributed by atoms with Crippen LogP contribution in [0.15, 0.2) is 24.5 Å². The van der Waals surface area contributed by atoms with Gasteiger partial charge in [-0.3, -0.25) is 9.89 Å². The van der Waals surface area contributed by atoms with Gasteiger partial charge < -0.3 is 10.2 Å². The molecule has 116 valence electrons. The van der Waals surface area contributed by atoms with Gasteiger partial charge in [0.25, 0.3) is 0 Å². The second kappa shape index (κ2) is 6.55. The van der Waals surface area contributed by atoms with Gasteiger partial charge in [-0.25, -0.2) is 9.97 Å². The molecule has 2 aromatic rings. The number of aryl methyl sites for hydroxylation is 1. The van der Waals surface area contributed by atoms with Crippen molar-refractivity contribution in [2.24, 2.45) is 5.92 Å². The maximum Gasteiger partial charge on any atom is 0.225 e. The standard InChI is InChI=1S/C15H20N6O/c1-11-9-13(20-19-11)18-14(22)10-12-3-7-21(8-4-12)15-16-5-2-6-17-15/h2,5-6,9,12H,3-4,7-8,10H2,1H3,(H2,18,19,20,22). The second-order valence-corrected chi connectivity index (χ2v) is 5.67. The number of piperidine rings is 1. The molecule has 0 unspecified atom stereocenters. The van der Waals surface area contributed by atoms with Crippen molar-refractivity contribution in [3.8, 4) is 0 Å². The van der Waals surface area contributed by atoms with E-state index < -0.39 is 0 Å². The molecule has 22 heavy (non-hydrogen) atoms. The van der Waals surface area contributed by atoms with Crippen LogP contribution in [0.25, 0.3) is 0 Å². The lowest BCUT2D eigenvalue weighted by atomic mass is 9.93. The van der Waals surface area contributed by atoms with Gasteiger partial charge in [0.2, 0.25) is 11.9 Å². The summed E-state index contributed by atoms with van der Waals surface area (Å²) in [6, 6.07) is 3.64. The maximum atomic E-state index is 12.0. The molecular weight excluding hydrogens is 280 g/mol.